The molecule has 2 aliphatic rings. The van der Waals surface area contributed by atoms with Crippen molar-refractivity contribution in [3.63, 3.8) is 0 Å². The standard InChI is InChI=1S/C21H31N3O2/c1-3-15-26-21(25)23-13-14-24(17(2)16-23)20(18-7-5-4-6-8-18)19-9-11-22-12-10-19/h3-8,17,19-20,22H,1,9-16H2,2H3. The lowest BCUT2D eigenvalue weighted by molar-refractivity contribution is 0.0160. The molecule has 1 aromatic carbocycles. The molecule has 5 nitrogen and oxygen atoms in total. The molecule has 1 amide bonds. The molecule has 0 aromatic heterocycles. The van der Waals surface area contributed by atoms with Crippen molar-refractivity contribution in [3.8, 4) is 0 Å². The highest BCUT2D eigenvalue weighted by Gasteiger charge is 2.36. The van der Waals surface area contributed by atoms with Crippen molar-refractivity contribution in [2.75, 3.05) is 39.3 Å². The number of hydrogen-bond donors (Lipinski definition) is 1. The highest BCUT2D eigenvalue weighted by atomic mass is 16.6. The second-order valence-electron chi connectivity index (χ2n) is 7.34. The number of rotatable bonds is 5. The first-order chi connectivity index (χ1) is 12.7. The maximum absolute atomic E-state index is 12.2. The molecule has 2 saturated heterocycles. The molecular formula is C21H31N3O2. The van der Waals surface area contributed by atoms with Crippen molar-refractivity contribution >= 4 is 6.09 Å². The molecule has 1 N–H and O–H groups in total. The van der Waals surface area contributed by atoms with Crippen molar-refractivity contribution in [1.29, 1.82) is 0 Å². The Balaban J connectivity index is 1.73. The minimum Gasteiger partial charge on any atom is -0.445 e. The van der Waals surface area contributed by atoms with Crippen molar-refractivity contribution in [1.82, 2.24) is 15.1 Å². The van der Waals surface area contributed by atoms with E-state index >= 15 is 0 Å². The Kier molecular flexibility index (Phi) is 6.69. The summed E-state index contributed by atoms with van der Waals surface area (Å²) in [6.45, 7) is 10.6. The molecule has 2 atom stereocenters. The monoisotopic (exact) mass is 357 g/mol. The SMILES string of the molecule is C=CCOC(=O)N1CCN(C(c2ccccc2)C2CCNCC2)C(C)C1. The molecule has 0 saturated carbocycles. The number of piperazine rings is 1. The molecule has 0 spiro atoms. The van der Waals surface area contributed by atoms with E-state index in [0.29, 0.717) is 31.1 Å². The smallest absolute Gasteiger partial charge is 0.410 e. The van der Waals surface area contributed by atoms with Crippen LogP contribution in [0.1, 0.15) is 31.4 Å². The number of nitrogens with one attached hydrogen (secondary N) is 1. The van der Waals surface area contributed by atoms with E-state index in [-0.39, 0.29) is 12.7 Å². The van der Waals surface area contributed by atoms with E-state index in [1.54, 1.807) is 6.08 Å². The van der Waals surface area contributed by atoms with Crippen LogP contribution >= 0.6 is 0 Å². The van der Waals surface area contributed by atoms with Crippen LogP contribution in [0.5, 0.6) is 0 Å². The Labute approximate surface area is 157 Å². The summed E-state index contributed by atoms with van der Waals surface area (Å²) in [7, 11) is 0. The number of carbonyl (C=O) groups is 1. The van der Waals surface area contributed by atoms with Crippen LogP contribution in [0.15, 0.2) is 43.0 Å². The number of nitrogens with zero attached hydrogens (tertiary/aromatic N) is 2. The van der Waals surface area contributed by atoms with Gasteiger partial charge in [0.2, 0.25) is 0 Å². The fraction of sp³-hybridized carbons (Fsp3) is 0.571. The van der Waals surface area contributed by atoms with E-state index < -0.39 is 0 Å². The zero-order valence-electron chi connectivity index (χ0n) is 15.8. The Morgan fingerprint density at radius 1 is 1.31 bits per heavy atom. The number of amides is 1. The molecule has 2 aliphatic heterocycles. The average Bonchev–Trinajstić information content (AvgIpc) is 2.69. The first kappa shape index (κ1) is 18.9. The summed E-state index contributed by atoms with van der Waals surface area (Å²) < 4.78 is 5.22. The highest BCUT2D eigenvalue weighted by Crippen LogP contribution is 2.36. The van der Waals surface area contributed by atoms with Crippen molar-refractivity contribution in [3.05, 3.63) is 48.6 Å². The van der Waals surface area contributed by atoms with E-state index in [2.05, 4.69) is 54.1 Å². The lowest BCUT2D eigenvalue weighted by Gasteiger charge is -2.47. The lowest BCUT2D eigenvalue weighted by atomic mass is 9.84. The molecule has 26 heavy (non-hydrogen) atoms. The molecule has 2 heterocycles. The van der Waals surface area contributed by atoms with E-state index in [1.807, 2.05) is 4.90 Å². The third-order valence-corrected chi connectivity index (χ3v) is 5.59. The van der Waals surface area contributed by atoms with Gasteiger partial charge in [-0.2, -0.15) is 0 Å². The van der Waals surface area contributed by atoms with E-state index in [1.165, 1.54) is 18.4 Å². The summed E-state index contributed by atoms with van der Waals surface area (Å²) in [4.78, 5) is 16.6. The Morgan fingerprint density at radius 3 is 2.69 bits per heavy atom. The highest BCUT2D eigenvalue weighted by molar-refractivity contribution is 5.67. The van der Waals surface area contributed by atoms with Crippen LogP contribution in [0.25, 0.3) is 0 Å². The van der Waals surface area contributed by atoms with Gasteiger partial charge in [0.05, 0.1) is 0 Å². The number of carbonyl (C=O) groups excluding carboxylic acids is 1. The van der Waals surface area contributed by atoms with Gasteiger partial charge >= 0.3 is 6.09 Å². The number of benzene rings is 1. The van der Waals surface area contributed by atoms with Gasteiger partial charge in [-0.05, 0) is 44.3 Å². The number of hydrogen-bond acceptors (Lipinski definition) is 4. The second-order valence-corrected chi connectivity index (χ2v) is 7.34. The molecule has 0 bridgehead atoms. The Bertz CT molecular complexity index is 586. The topological polar surface area (TPSA) is 44.8 Å². The van der Waals surface area contributed by atoms with Gasteiger partial charge < -0.3 is 15.0 Å². The third-order valence-electron chi connectivity index (χ3n) is 5.59. The molecule has 0 radical (unpaired) electrons. The van der Waals surface area contributed by atoms with Gasteiger partial charge in [-0.25, -0.2) is 4.79 Å². The zero-order valence-corrected chi connectivity index (χ0v) is 15.8. The van der Waals surface area contributed by atoms with Crippen LogP contribution in [0.3, 0.4) is 0 Å². The van der Waals surface area contributed by atoms with Gasteiger partial charge in [-0.1, -0.05) is 43.0 Å². The molecule has 3 rings (SSSR count). The average molecular weight is 357 g/mol. The van der Waals surface area contributed by atoms with Crippen LogP contribution in [0, 0.1) is 5.92 Å². The Morgan fingerprint density at radius 2 is 2.04 bits per heavy atom. The van der Waals surface area contributed by atoms with Crippen LogP contribution in [0.4, 0.5) is 4.79 Å². The van der Waals surface area contributed by atoms with Gasteiger partial charge in [0.15, 0.2) is 0 Å². The number of ether oxygens (including phenoxy) is 1. The second kappa shape index (κ2) is 9.19. The quantitative estimate of drug-likeness (QED) is 0.823. The fourth-order valence-electron chi connectivity index (χ4n) is 4.32. The number of piperidine rings is 1. The normalized spacial score (nSPS) is 23.4. The molecule has 0 aliphatic carbocycles. The fourth-order valence-corrected chi connectivity index (χ4v) is 4.32. The van der Waals surface area contributed by atoms with E-state index in [4.69, 9.17) is 4.74 Å². The van der Waals surface area contributed by atoms with Gasteiger partial charge in [-0.3, -0.25) is 4.90 Å². The first-order valence-corrected chi connectivity index (χ1v) is 9.74. The summed E-state index contributed by atoms with van der Waals surface area (Å²) >= 11 is 0. The maximum atomic E-state index is 12.2. The van der Waals surface area contributed by atoms with Gasteiger partial charge in [0, 0.05) is 31.7 Å². The van der Waals surface area contributed by atoms with E-state index in [0.717, 1.165) is 19.6 Å². The molecule has 142 valence electrons. The zero-order chi connectivity index (χ0) is 18.4. The third kappa shape index (κ3) is 4.46. The van der Waals surface area contributed by atoms with Crippen molar-refractivity contribution in [2.45, 2.75) is 31.8 Å². The minimum atomic E-state index is -0.227. The van der Waals surface area contributed by atoms with Gasteiger partial charge in [-0.15, -0.1) is 0 Å². The maximum Gasteiger partial charge on any atom is 0.410 e. The van der Waals surface area contributed by atoms with Crippen LogP contribution in [-0.2, 0) is 4.74 Å². The van der Waals surface area contributed by atoms with Gasteiger partial charge in [0.1, 0.15) is 6.61 Å². The summed E-state index contributed by atoms with van der Waals surface area (Å²) in [6.07, 6.45) is 3.79. The lowest BCUT2D eigenvalue weighted by Crippen LogP contribution is -2.56. The molecule has 2 fully saturated rings. The van der Waals surface area contributed by atoms with Gasteiger partial charge in [0.25, 0.3) is 0 Å². The predicted octanol–water partition coefficient (Wildman–Crippen LogP) is 3.06. The summed E-state index contributed by atoms with van der Waals surface area (Å²) in [6, 6.07) is 11.6. The van der Waals surface area contributed by atoms with E-state index in [9.17, 15) is 4.79 Å². The molecule has 1 aromatic rings. The minimum absolute atomic E-state index is 0.227. The van der Waals surface area contributed by atoms with Crippen LogP contribution < -0.4 is 5.32 Å². The first-order valence-electron chi connectivity index (χ1n) is 9.74. The van der Waals surface area contributed by atoms with Crippen LogP contribution in [-0.4, -0.2) is 61.3 Å². The van der Waals surface area contributed by atoms with Crippen molar-refractivity contribution in [2.24, 2.45) is 5.92 Å². The predicted molar refractivity (Wildman–Crippen MR) is 104 cm³/mol. The Hall–Kier alpha value is -1.85. The molecular weight excluding hydrogens is 326 g/mol. The largest absolute Gasteiger partial charge is 0.445 e. The molecule has 2 unspecified atom stereocenters. The summed E-state index contributed by atoms with van der Waals surface area (Å²) in [5.74, 6) is 0.653. The summed E-state index contributed by atoms with van der Waals surface area (Å²) in [5.41, 5.74) is 1.40. The molecule has 5 heteroatoms. The van der Waals surface area contributed by atoms with Crippen LogP contribution in [0.2, 0.25) is 0 Å². The summed E-state index contributed by atoms with van der Waals surface area (Å²) in [5, 5.41) is 3.48. The van der Waals surface area contributed by atoms with Crippen molar-refractivity contribution < 1.29 is 9.53 Å².